The molecule has 0 unspecified atom stereocenters. The van der Waals surface area contributed by atoms with Crippen molar-refractivity contribution >= 4 is 27.5 Å². The van der Waals surface area contributed by atoms with E-state index in [1.54, 1.807) is 6.20 Å². The summed E-state index contributed by atoms with van der Waals surface area (Å²) in [6, 6.07) is 9.67. The van der Waals surface area contributed by atoms with Gasteiger partial charge < -0.3 is 0 Å². The van der Waals surface area contributed by atoms with Gasteiger partial charge in [0.1, 0.15) is 0 Å². The molecule has 0 N–H and O–H groups in total. The molecule has 0 aliphatic rings. The number of hydrogen-bond donors (Lipinski definition) is 0. The molecule has 1 heterocycles. The van der Waals surface area contributed by atoms with Gasteiger partial charge in [-0.05, 0) is 39.7 Å². The molecule has 2 nitrogen and oxygen atoms in total. The maximum Gasteiger partial charge on any atom is 0.196 e. The third-order valence-corrected chi connectivity index (χ3v) is 2.58. The number of benzene rings is 1. The minimum Gasteiger partial charge on any atom is -0.231 e. The average Bonchev–Trinajstić information content (AvgIpc) is 2.17. The molecule has 2 aromatic rings. The first-order chi connectivity index (χ1) is 7.24. The number of rotatable bonds is 2. The van der Waals surface area contributed by atoms with Gasteiger partial charge in [0.25, 0.3) is 0 Å². The topological polar surface area (TPSA) is 25.8 Å². The Hall–Kier alpha value is -0.930. The zero-order chi connectivity index (χ0) is 10.7. The van der Waals surface area contributed by atoms with Gasteiger partial charge in [-0.2, -0.15) is 0 Å². The zero-order valence-corrected chi connectivity index (χ0v) is 10.2. The third kappa shape index (κ3) is 3.01. The van der Waals surface area contributed by atoms with E-state index in [0.29, 0.717) is 4.73 Å². The molecule has 0 aliphatic carbocycles. The first kappa shape index (κ1) is 10.6. The largest absolute Gasteiger partial charge is 0.231 e. The van der Waals surface area contributed by atoms with Crippen LogP contribution >= 0.6 is 27.5 Å². The molecule has 2 rings (SSSR count). The normalized spacial score (nSPS) is 10.3. The second-order valence-electron chi connectivity index (χ2n) is 3.12. The van der Waals surface area contributed by atoms with E-state index in [9.17, 15) is 0 Å². The second kappa shape index (κ2) is 4.73. The number of nitrogens with zero attached hydrogens (tertiary/aromatic N) is 2. The van der Waals surface area contributed by atoms with Gasteiger partial charge >= 0.3 is 0 Å². The van der Waals surface area contributed by atoms with Crippen LogP contribution in [0.3, 0.4) is 0 Å². The molecule has 1 aromatic carbocycles. The lowest BCUT2D eigenvalue weighted by atomic mass is 10.1. The van der Waals surface area contributed by atoms with Gasteiger partial charge in [-0.15, -0.1) is 0 Å². The van der Waals surface area contributed by atoms with E-state index in [1.807, 2.05) is 30.3 Å². The van der Waals surface area contributed by atoms with Crippen LogP contribution in [0.4, 0.5) is 0 Å². The number of hydrogen-bond acceptors (Lipinski definition) is 2. The molecule has 0 bridgehead atoms. The lowest BCUT2D eigenvalue weighted by Crippen LogP contribution is -1.93. The predicted octanol–water partition coefficient (Wildman–Crippen LogP) is 3.48. The summed E-state index contributed by atoms with van der Waals surface area (Å²) >= 11 is 9.14. The van der Waals surface area contributed by atoms with Crippen LogP contribution in [-0.4, -0.2) is 9.97 Å². The first-order valence-electron chi connectivity index (χ1n) is 4.46. The quantitative estimate of drug-likeness (QED) is 0.789. The predicted molar refractivity (Wildman–Crippen MR) is 64.0 cm³/mol. The van der Waals surface area contributed by atoms with Gasteiger partial charge in [0.15, 0.2) is 4.73 Å². The van der Waals surface area contributed by atoms with Crippen LogP contribution in [-0.2, 0) is 6.42 Å². The molecule has 0 spiro atoms. The first-order valence-corrected chi connectivity index (χ1v) is 5.63. The molecule has 0 fully saturated rings. The fourth-order valence-electron chi connectivity index (χ4n) is 1.32. The van der Waals surface area contributed by atoms with E-state index >= 15 is 0 Å². The van der Waals surface area contributed by atoms with Crippen LogP contribution < -0.4 is 0 Å². The van der Waals surface area contributed by atoms with E-state index in [-0.39, 0.29) is 0 Å². The van der Waals surface area contributed by atoms with E-state index in [2.05, 4.69) is 25.9 Å². The molecule has 0 saturated heterocycles. The molecule has 0 atom stereocenters. The Labute approximate surface area is 101 Å². The van der Waals surface area contributed by atoms with Crippen molar-refractivity contribution in [3.05, 3.63) is 57.5 Å². The Morgan fingerprint density at radius 2 is 2.13 bits per heavy atom. The minimum atomic E-state index is 0.613. The molecule has 1 aromatic heterocycles. The lowest BCUT2D eigenvalue weighted by Gasteiger charge is -2.01. The fourth-order valence-corrected chi connectivity index (χ4v) is 1.88. The SMILES string of the molecule is Clc1cccc(Cc2ccnc(Br)n2)c1. The summed E-state index contributed by atoms with van der Waals surface area (Å²) in [6.07, 6.45) is 2.50. The Morgan fingerprint density at radius 1 is 1.27 bits per heavy atom. The Balaban J connectivity index is 2.22. The van der Waals surface area contributed by atoms with Gasteiger partial charge in [-0.25, -0.2) is 9.97 Å². The summed E-state index contributed by atoms with van der Waals surface area (Å²) in [7, 11) is 0. The lowest BCUT2D eigenvalue weighted by molar-refractivity contribution is 0.997. The van der Waals surface area contributed by atoms with Crippen LogP contribution in [0.2, 0.25) is 5.02 Å². The Morgan fingerprint density at radius 3 is 2.87 bits per heavy atom. The van der Waals surface area contributed by atoms with Crippen molar-refractivity contribution < 1.29 is 0 Å². The fraction of sp³-hybridized carbons (Fsp3) is 0.0909. The van der Waals surface area contributed by atoms with E-state index in [4.69, 9.17) is 11.6 Å². The average molecular weight is 284 g/mol. The summed E-state index contributed by atoms with van der Waals surface area (Å²) in [4.78, 5) is 8.24. The van der Waals surface area contributed by atoms with Crippen LogP contribution in [0, 0.1) is 0 Å². The second-order valence-corrected chi connectivity index (χ2v) is 4.27. The van der Waals surface area contributed by atoms with Crippen molar-refractivity contribution in [1.82, 2.24) is 9.97 Å². The van der Waals surface area contributed by atoms with Crippen molar-refractivity contribution in [2.24, 2.45) is 0 Å². The van der Waals surface area contributed by atoms with Gasteiger partial charge in [0.2, 0.25) is 0 Å². The van der Waals surface area contributed by atoms with Gasteiger partial charge in [0.05, 0.1) is 0 Å². The van der Waals surface area contributed by atoms with Crippen LogP contribution in [0.25, 0.3) is 0 Å². The molecule has 15 heavy (non-hydrogen) atoms. The highest BCUT2D eigenvalue weighted by molar-refractivity contribution is 9.10. The highest BCUT2D eigenvalue weighted by atomic mass is 79.9. The standard InChI is InChI=1S/C11H8BrClN2/c12-11-14-5-4-10(15-11)7-8-2-1-3-9(13)6-8/h1-6H,7H2. The molecule has 0 radical (unpaired) electrons. The molecular formula is C11H8BrClN2. The number of aromatic nitrogens is 2. The summed E-state index contributed by atoms with van der Waals surface area (Å²) in [5.41, 5.74) is 2.12. The molecule has 0 amide bonds. The highest BCUT2D eigenvalue weighted by Crippen LogP contribution is 2.14. The molecule has 0 aliphatic heterocycles. The highest BCUT2D eigenvalue weighted by Gasteiger charge is 1.99. The molecule has 76 valence electrons. The summed E-state index contributed by atoms with van der Waals surface area (Å²) < 4.78 is 0.613. The maximum absolute atomic E-state index is 5.90. The van der Waals surface area contributed by atoms with E-state index in [0.717, 1.165) is 22.7 Å². The van der Waals surface area contributed by atoms with Gasteiger partial charge in [-0.3, -0.25) is 0 Å². The Bertz CT molecular complexity index is 430. The van der Waals surface area contributed by atoms with E-state index in [1.165, 1.54) is 0 Å². The van der Waals surface area contributed by atoms with Gasteiger partial charge in [0, 0.05) is 23.3 Å². The summed E-state index contributed by atoms with van der Waals surface area (Å²) in [5, 5.41) is 0.751. The summed E-state index contributed by atoms with van der Waals surface area (Å²) in [6.45, 7) is 0. The van der Waals surface area contributed by atoms with Crippen molar-refractivity contribution in [2.75, 3.05) is 0 Å². The van der Waals surface area contributed by atoms with Crippen molar-refractivity contribution in [3.63, 3.8) is 0 Å². The summed E-state index contributed by atoms with van der Waals surface area (Å²) in [5.74, 6) is 0. The molecule has 0 saturated carbocycles. The van der Waals surface area contributed by atoms with Gasteiger partial charge in [-0.1, -0.05) is 23.7 Å². The van der Waals surface area contributed by atoms with Crippen molar-refractivity contribution in [2.45, 2.75) is 6.42 Å². The maximum atomic E-state index is 5.90. The zero-order valence-electron chi connectivity index (χ0n) is 7.82. The van der Waals surface area contributed by atoms with Crippen molar-refractivity contribution in [3.8, 4) is 0 Å². The smallest absolute Gasteiger partial charge is 0.196 e. The molecular weight excluding hydrogens is 275 g/mol. The van der Waals surface area contributed by atoms with Crippen LogP contribution in [0.1, 0.15) is 11.3 Å². The Kier molecular flexibility index (Phi) is 3.34. The van der Waals surface area contributed by atoms with Crippen LogP contribution in [0.15, 0.2) is 41.3 Å². The monoisotopic (exact) mass is 282 g/mol. The van der Waals surface area contributed by atoms with Crippen LogP contribution in [0.5, 0.6) is 0 Å². The van der Waals surface area contributed by atoms with Crippen molar-refractivity contribution in [1.29, 1.82) is 0 Å². The number of halogens is 2. The van der Waals surface area contributed by atoms with E-state index < -0.39 is 0 Å². The third-order valence-electron chi connectivity index (χ3n) is 1.96. The molecule has 4 heteroatoms. The minimum absolute atomic E-state index is 0.613.